The summed E-state index contributed by atoms with van der Waals surface area (Å²) in [6.45, 7) is 5.41. The van der Waals surface area contributed by atoms with Gasteiger partial charge in [0.2, 0.25) is 0 Å². The molecule has 1 aliphatic rings. The first-order chi connectivity index (χ1) is 9.41. The van der Waals surface area contributed by atoms with E-state index in [1.165, 1.54) is 31.9 Å². The van der Waals surface area contributed by atoms with Crippen molar-refractivity contribution in [3.8, 4) is 0 Å². The molecule has 1 aromatic rings. The van der Waals surface area contributed by atoms with Crippen molar-refractivity contribution in [2.75, 3.05) is 7.05 Å². The lowest BCUT2D eigenvalue weighted by Gasteiger charge is -2.38. The summed E-state index contributed by atoms with van der Waals surface area (Å²) in [7, 11) is 2.12. The van der Waals surface area contributed by atoms with Crippen LogP contribution in [0.25, 0.3) is 0 Å². The first kappa shape index (κ1) is 15.1. The summed E-state index contributed by atoms with van der Waals surface area (Å²) in [5.41, 5.74) is 3.06. The van der Waals surface area contributed by atoms with E-state index in [9.17, 15) is 4.79 Å². The Hall–Kier alpha value is -1.33. The molecule has 0 atom stereocenters. The molecule has 1 amide bonds. The molecule has 1 heterocycles. The Bertz CT molecular complexity index is 457. The summed E-state index contributed by atoms with van der Waals surface area (Å²) in [6, 6.07) is 2.35. The average Bonchev–Trinajstić information content (AvgIpc) is 2.86. The lowest BCUT2D eigenvalue weighted by atomic mass is 9.75. The molecular weight excluding hydrogens is 254 g/mol. The van der Waals surface area contributed by atoms with Crippen LogP contribution in [0, 0.1) is 5.41 Å². The van der Waals surface area contributed by atoms with Gasteiger partial charge in [-0.1, -0.05) is 13.8 Å². The molecule has 0 aliphatic heterocycles. The quantitative estimate of drug-likeness (QED) is 0.504. The van der Waals surface area contributed by atoms with Crippen molar-refractivity contribution in [3.05, 3.63) is 23.7 Å². The van der Waals surface area contributed by atoms with Gasteiger partial charge in [0.25, 0.3) is 5.91 Å². The Morgan fingerprint density at radius 3 is 2.75 bits per heavy atom. The van der Waals surface area contributed by atoms with Gasteiger partial charge in [-0.2, -0.15) is 0 Å². The molecule has 1 saturated carbocycles. The molecule has 0 spiro atoms. The summed E-state index contributed by atoms with van der Waals surface area (Å²) in [6.07, 6.45) is 6.43. The second kappa shape index (κ2) is 5.97. The van der Waals surface area contributed by atoms with E-state index in [0.717, 1.165) is 12.3 Å². The number of nitrogens with zero attached hydrogens (tertiary/aromatic N) is 1. The summed E-state index contributed by atoms with van der Waals surface area (Å²) in [5, 5.41) is 0. The predicted octanol–water partition coefficient (Wildman–Crippen LogP) is 2.28. The molecular formula is C15H25N3O2. The van der Waals surface area contributed by atoms with E-state index in [-0.39, 0.29) is 5.91 Å². The van der Waals surface area contributed by atoms with Crippen LogP contribution in [0.2, 0.25) is 0 Å². The predicted molar refractivity (Wildman–Crippen MR) is 77.9 cm³/mol. The fraction of sp³-hybridized carbons (Fsp3) is 0.667. The highest BCUT2D eigenvalue weighted by atomic mass is 16.3. The molecule has 3 N–H and O–H groups in total. The highest BCUT2D eigenvalue weighted by Crippen LogP contribution is 2.36. The molecule has 2 rings (SSSR count). The van der Waals surface area contributed by atoms with Crippen molar-refractivity contribution in [2.24, 2.45) is 11.3 Å². The van der Waals surface area contributed by atoms with E-state index in [1.807, 2.05) is 0 Å². The molecule has 0 unspecified atom stereocenters. The molecule has 20 heavy (non-hydrogen) atoms. The Morgan fingerprint density at radius 1 is 1.50 bits per heavy atom. The van der Waals surface area contributed by atoms with Crippen LogP contribution in [0.5, 0.6) is 0 Å². The van der Waals surface area contributed by atoms with Crippen LogP contribution in [0.4, 0.5) is 0 Å². The maximum atomic E-state index is 11.4. The van der Waals surface area contributed by atoms with Crippen molar-refractivity contribution >= 4 is 5.91 Å². The van der Waals surface area contributed by atoms with Gasteiger partial charge in [0, 0.05) is 6.04 Å². The van der Waals surface area contributed by atoms with Gasteiger partial charge in [0.1, 0.15) is 12.0 Å². The van der Waals surface area contributed by atoms with Gasteiger partial charge in [-0.25, -0.2) is 5.84 Å². The zero-order valence-electron chi connectivity index (χ0n) is 12.6. The second-order valence-corrected chi connectivity index (χ2v) is 6.59. The van der Waals surface area contributed by atoms with Crippen LogP contribution >= 0.6 is 0 Å². The van der Waals surface area contributed by atoms with E-state index in [4.69, 9.17) is 10.3 Å². The number of nitrogen functional groups attached to an aromatic ring is 1. The van der Waals surface area contributed by atoms with Gasteiger partial charge in [-0.05, 0) is 44.2 Å². The second-order valence-electron chi connectivity index (χ2n) is 6.59. The minimum atomic E-state index is -0.318. The van der Waals surface area contributed by atoms with Crippen molar-refractivity contribution in [3.63, 3.8) is 0 Å². The largest absolute Gasteiger partial charge is 0.467 e. The number of carbonyl (C=O) groups excluding carboxylic acids is 1. The lowest BCUT2D eigenvalue weighted by molar-refractivity contribution is 0.0953. The fourth-order valence-corrected chi connectivity index (χ4v) is 2.87. The van der Waals surface area contributed by atoms with Gasteiger partial charge >= 0.3 is 0 Å². The van der Waals surface area contributed by atoms with Gasteiger partial charge in [0.15, 0.2) is 0 Å². The molecule has 0 saturated heterocycles. The molecule has 1 aliphatic carbocycles. The number of nitrogens with two attached hydrogens (primary N) is 1. The van der Waals surface area contributed by atoms with Crippen molar-refractivity contribution in [1.29, 1.82) is 0 Å². The van der Waals surface area contributed by atoms with Crippen molar-refractivity contribution in [1.82, 2.24) is 10.3 Å². The molecule has 5 nitrogen and oxygen atoms in total. The topological polar surface area (TPSA) is 71.5 Å². The Morgan fingerprint density at radius 2 is 2.15 bits per heavy atom. The smallest absolute Gasteiger partial charge is 0.268 e. The molecule has 1 aromatic heterocycles. The van der Waals surface area contributed by atoms with Gasteiger partial charge in [0.05, 0.1) is 12.1 Å². The third-order valence-electron chi connectivity index (χ3n) is 4.38. The molecule has 0 bridgehead atoms. The molecule has 0 radical (unpaired) electrons. The van der Waals surface area contributed by atoms with Crippen molar-refractivity contribution in [2.45, 2.75) is 52.1 Å². The lowest BCUT2D eigenvalue weighted by Crippen LogP contribution is -2.36. The highest BCUT2D eigenvalue weighted by Gasteiger charge is 2.29. The average molecular weight is 279 g/mol. The summed E-state index contributed by atoms with van der Waals surface area (Å²) in [5.74, 6) is 5.59. The Labute approximate surface area is 120 Å². The fourth-order valence-electron chi connectivity index (χ4n) is 2.87. The minimum absolute atomic E-state index is 0.318. The van der Waals surface area contributed by atoms with E-state index >= 15 is 0 Å². The van der Waals surface area contributed by atoms with E-state index in [2.05, 4.69) is 31.2 Å². The first-order valence-electron chi connectivity index (χ1n) is 7.20. The van der Waals surface area contributed by atoms with Crippen LogP contribution in [0.15, 0.2) is 16.7 Å². The third-order valence-corrected chi connectivity index (χ3v) is 4.38. The number of rotatable bonds is 4. The number of furan rings is 1. The standard InChI is InChI=1S/C15H25N3O2/c1-15(2)6-4-12(5-7-15)18(3)9-13-8-11(10-20-13)14(19)17-16/h8,10,12H,4-7,9,16H2,1-3H3,(H,17,19). The number of nitrogens with one attached hydrogen (secondary N) is 1. The minimum Gasteiger partial charge on any atom is -0.467 e. The number of amides is 1. The summed E-state index contributed by atoms with van der Waals surface area (Å²) >= 11 is 0. The highest BCUT2D eigenvalue weighted by molar-refractivity contribution is 5.93. The van der Waals surface area contributed by atoms with Crippen LogP contribution < -0.4 is 11.3 Å². The summed E-state index contributed by atoms with van der Waals surface area (Å²) < 4.78 is 5.43. The molecule has 0 aromatic carbocycles. The van der Waals surface area contributed by atoms with Crippen LogP contribution in [-0.2, 0) is 6.54 Å². The van der Waals surface area contributed by atoms with E-state index in [0.29, 0.717) is 17.0 Å². The van der Waals surface area contributed by atoms with Crippen molar-refractivity contribution < 1.29 is 9.21 Å². The monoisotopic (exact) mass is 279 g/mol. The van der Waals surface area contributed by atoms with Crippen LogP contribution in [-0.4, -0.2) is 23.9 Å². The first-order valence-corrected chi connectivity index (χ1v) is 7.20. The Kier molecular flexibility index (Phi) is 4.50. The van der Waals surface area contributed by atoms with E-state index in [1.54, 1.807) is 6.07 Å². The van der Waals surface area contributed by atoms with Gasteiger partial charge in [-0.3, -0.25) is 15.1 Å². The maximum absolute atomic E-state index is 11.4. The van der Waals surface area contributed by atoms with E-state index < -0.39 is 0 Å². The van der Waals surface area contributed by atoms with Gasteiger partial charge in [-0.15, -0.1) is 0 Å². The van der Waals surface area contributed by atoms with Crippen LogP contribution in [0.3, 0.4) is 0 Å². The maximum Gasteiger partial charge on any atom is 0.268 e. The van der Waals surface area contributed by atoms with Crippen LogP contribution in [0.1, 0.15) is 55.6 Å². The number of carbonyl (C=O) groups is 1. The zero-order chi connectivity index (χ0) is 14.8. The normalized spacial score (nSPS) is 19.2. The molecule has 1 fully saturated rings. The third kappa shape index (κ3) is 3.61. The SMILES string of the molecule is CN(Cc1cc(C(=O)NN)co1)C1CCC(C)(C)CC1. The number of hydrogen-bond donors (Lipinski definition) is 2. The zero-order valence-corrected chi connectivity index (χ0v) is 12.6. The number of hydrogen-bond acceptors (Lipinski definition) is 4. The molecule has 112 valence electrons. The Balaban J connectivity index is 1.90. The summed E-state index contributed by atoms with van der Waals surface area (Å²) in [4.78, 5) is 13.7. The number of hydrazine groups is 1. The molecule has 5 heteroatoms. The van der Waals surface area contributed by atoms with Gasteiger partial charge < -0.3 is 4.42 Å².